The lowest BCUT2D eigenvalue weighted by Gasteiger charge is -2.31. The molecule has 3 heteroatoms. The molecular formula is C18H25NO2. The molecule has 2 aliphatic rings. The summed E-state index contributed by atoms with van der Waals surface area (Å²) in [5, 5.41) is 12.9. The van der Waals surface area contributed by atoms with E-state index < -0.39 is 5.97 Å². The molecule has 1 aromatic carbocycles. The average molecular weight is 287 g/mol. The summed E-state index contributed by atoms with van der Waals surface area (Å²) in [5.74, 6) is -0.738. The van der Waals surface area contributed by atoms with E-state index in [0.29, 0.717) is 12.1 Å². The molecule has 114 valence electrons. The quantitative estimate of drug-likeness (QED) is 0.834. The summed E-state index contributed by atoms with van der Waals surface area (Å²) in [6.07, 6.45) is 8.59. The Kier molecular flexibility index (Phi) is 4.59. The highest BCUT2D eigenvalue weighted by molar-refractivity contribution is 5.70. The smallest absolute Gasteiger partial charge is 0.306 e. The molecule has 0 bridgehead atoms. The molecule has 21 heavy (non-hydrogen) atoms. The lowest BCUT2D eigenvalue weighted by atomic mass is 9.85. The van der Waals surface area contributed by atoms with Crippen molar-refractivity contribution >= 4 is 5.97 Å². The molecule has 1 saturated carbocycles. The lowest BCUT2D eigenvalue weighted by Crippen LogP contribution is -2.37. The molecule has 2 N–H and O–H groups in total. The minimum Gasteiger partial charge on any atom is -0.481 e. The number of carboxylic acids is 1. The van der Waals surface area contributed by atoms with E-state index >= 15 is 0 Å². The molecule has 1 fully saturated rings. The molecule has 3 nitrogen and oxygen atoms in total. The highest BCUT2D eigenvalue weighted by atomic mass is 16.4. The predicted molar refractivity (Wildman–Crippen MR) is 83.3 cm³/mol. The van der Waals surface area contributed by atoms with Crippen LogP contribution in [0.5, 0.6) is 0 Å². The van der Waals surface area contributed by atoms with Crippen molar-refractivity contribution in [2.75, 3.05) is 0 Å². The molecule has 0 aromatic heterocycles. The summed E-state index contributed by atoms with van der Waals surface area (Å²) in [7, 11) is 0. The zero-order chi connectivity index (χ0) is 14.7. The van der Waals surface area contributed by atoms with Crippen molar-refractivity contribution in [3.63, 3.8) is 0 Å². The highest BCUT2D eigenvalue weighted by Crippen LogP contribution is 2.31. The SMILES string of the molecule is O=C(O)C1CCC(NC2CCCCc3ccccc32)CC1. The normalized spacial score (nSPS) is 29.4. The zero-order valence-corrected chi connectivity index (χ0v) is 12.6. The van der Waals surface area contributed by atoms with Crippen molar-refractivity contribution in [1.82, 2.24) is 5.32 Å². The molecule has 1 unspecified atom stereocenters. The van der Waals surface area contributed by atoms with Crippen molar-refractivity contribution in [2.24, 2.45) is 5.92 Å². The summed E-state index contributed by atoms with van der Waals surface area (Å²) in [4.78, 5) is 11.0. The van der Waals surface area contributed by atoms with Gasteiger partial charge in [-0.05, 0) is 56.1 Å². The number of fused-ring (bicyclic) bond motifs is 1. The lowest BCUT2D eigenvalue weighted by molar-refractivity contribution is -0.142. The van der Waals surface area contributed by atoms with Crippen LogP contribution >= 0.6 is 0 Å². The Bertz CT molecular complexity index is 492. The van der Waals surface area contributed by atoms with Gasteiger partial charge in [0.25, 0.3) is 0 Å². The maximum atomic E-state index is 11.0. The van der Waals surface area contributed by atoms with Gasteiger partial charge in [-0.15, -0.1) is 0 Å². The summed E-state index contributed by atoms with van der Waals surface area (Å²) < 4.78 is 0. The van der Waals surface area contributed by atoms with Gasteiger partial charge in [0.2, 0.25) is 0 Å². The molecule has 0 spiro atoms. The fraction of sp³-hybridized carbons (Fsp3) is 0.611. The van der Waals surface area contributed by atoms with E-state index in [9.17, 15) is 4.79 Å². The topological polar surface area (TPSA) is 49.3 Å². The van der Waals surface area contributed by atoms with Gasteiger partial charge in [0, 0.05) is 12.1 Å². The maximum Gasteiger partial charge on any atom is 0.306 e. The molecule has 0 aliphatic heterocycles. The minimum atomic E-state index is -0.617. The standard InChI is InChI=1S/C18H25NO2/c20-18(21)14-9-11-15(12-10-14)19-17-8-4-2-6-13-5-1-3-7-16(13)17/h1,3,5,7,14-15,17,19H,2,4,6,8-12H2,(H,20,21). The fourth-order valence-corrected chi connectivity index (χ4v) is 3.89. The molecule has 0 amide bonds. The Balaban J connectivity index is 1.64. The van der Waals surface area contributed by atoms with E-state index in [0.717, 1.165) is 25.7 Å². The number of nitrogens with one attached hydrogen (secondary N) is 1. The van der Waals surface area contributed by atoms with Crippen LogP contribution < -0.4 is 5.32 Å². The Morgan fingerprint density at radius 3 is 2.57 bits per heavy atom. The second-order valence-corrected chi connectivity index (χ2v) is 6.55. The van der Waals surface area contributed by atoms with Crippen molar-refractivity contribution in [3.8, 4) is 0 Å². The van der Waals surface area contributed by atoms with Crippen LogP contribution in [0.2, 0.25) is 0 Å². The van der Waals surface area contributed by atoms with E-state index in [4.69, 9.17) is 5.11 Å². The van der Waals surface area contributed by atoms with Gasteiger partial charge in [-0.25, -0.2) is 0 Å². The van der Waals surface area contributed by atoms with Crippen LogP contribution in [0.3, 0.4) is 0 Å². The van der Waals surface area contributed by atoms with E-state index in [-0.39, 0.29) is 5.92 Å². The number of hydrogen-bond donors (Lipinski definition) is 2. The van der Waals surface area contributed by atoms with Crippen LogP contribution in [-0.2, 0) is 11.2 Å². The minimum absolute atomic E-state index is 0.121. The van der Waals surface area contributed by atoms with Crippen LogP contribution in [0, 0.1) is 5.92 Å². The molecule has 2 aliphatic carbocycles. The van der Waals surface area contributed by atoms with E-state index in [1.807, 2.05) is 0 Å². The van der Waals surface area contributed by atoms with Crippen LogP contribution in [0.1, 0.15) is 62.1 Å². The van der Waals surface area contributed by atoms with Gasteiger partial charge in [-0.2, -0.15) is 0 Å². The highest BCUT2D eigenvalue weighted by Gasteiger charge is 2.28. The summed E-state index contributed by atoms with van der Waals surface area (Å²) >= 11 is 0. The summed E-state index contributed by atoms with van der Waals surface area (Å²) in [6, 6.07) is 9.74. The third-order valence-corrected chi connectivity index (χ3v) is 5.13. The Morgan fingerprint density at radius 1 is 1.05 bits per heavy atom. The Labute approximate surface area is 126 Å². The third kappa shape index (κ3) is 3.46. The van der Waals surface area contributed by atoms with Gasteiger partial charge in [-0.1, -0.05) is 30.7 Å². The third-order valence-electron chi connectivity index (χ3n) is 5.13. The van der Waals surface area contributed by atoms with Gasteiger partial charge in [0.1, 0.15) is 0 Å². The first kappa shape index (κ1) is 14.6. The first-order valence-electron chi connectivity index (χ1n) is 8.30. The zero-order valence-electron chi connectivity index (χ0n) is 12.6. The van der Waals surface area contributed by atoms with Crippen LogP contribution in [0.4, 0.5) is 0 Å². The molecule has 3 rings (SSSR count). The van der Waals surface area contributed by atoms with Crippen molar-refractivity contribution in [1.29, 1.82) is 0 Å². The second-order valence-electron chi connectivity index (χ2n) is 6.55. The van der Waals surface area contributed by atoms with Gasteiger partial charge in [0.15, 0.2) is 0 Å². The van der Waals surface area contributed by atoms with Crippen molar-refractivity contribution in [3.05, 3.63) is 35.4 Å². The maximum absolute atomic E-state index is 11.0. The molecule has 1 aromatic rings. The van der Waals surface area contributed by atoms with E-state index in [1.165, 1.54) is 36.8 Å². The molecular weight excluding hydrogens is 262 g/mol. The average Bonchev–Trinajstić information content (AvgIpc) is 2.71. The largest absolute Gasteiger partial charge is 0.481 e. The first-order valence-corrected chi connectivity index (χ1v) is 8.30. The predicted octanol–water partition coefficient (Wildman–Crippen LogP) is 3.69. The summed E-state index contributed by atoms with van der Waals surface area (Å²) in [5.41, 5.74) is 2.96. The molecule has 1 atom stereocenters. The Hall–Kier alpha value is -1.35. The number of rotatable bonds is 3. The number of aliphatic carboxylic acids is 1. The van der Waals surface area contributed by atoms with Crippen LogP contribution in [-0.4, -0.2) is 17.1 Å². The number of hydrogen-bond acceptors (Lipinski definition) is 2. The second kappa shape index (κ2) is 6.61. The van der Waals surface area contributed by atoms with E-state index in [2.05, 4.69) is 29.6 Å². The number of aryl methyl sites for hydroxylation is 1. The first-order chi connectivity index (χ1) is 10.2. The molecule has 0 radical (unpaired) electrons. The molecule has 0 heterocycles. The van der Waals surface area contributed by atoms with Gasteiger partial charge in [-0.3, -0.25) is 4.79 Å². The van der Waals surface area contributed by atoms with Crippen LogP contribution in [0.15, 0.2) is 24.3 Å². The number of benzene rings is 1. The van der Waals surface area contributed by atoms with E-state index in [1.54, 1.807) is 0 Å². The molecule has 0 saturated heterocycles. The Morgan fingerprint density at radius 2 is 1.81 bits per heavy atom. The van der Waals surface area contributed by atoms with Crippen molar-refractivity contribution in [2.45, 2.75) is 63.5 Å². The summed E-state index contributed by atoms with van der Waals surface area (Å²) in [6.45, 7) is 0. The van der Waals surface area contributed by atoms with Gasteiger partial charge in [0.05, 0.1) is 5.92 Å². The monoisotopic (exact) mass is 287 g/mol. The van der Waals surface area contributed by atoms with Crippen molar-refractivity contribution < 1.29 is 9.90 Å². The number of carbonyl (C=O) groups is 1. The fourth-order valence-electron chi connectivity index (χ4n) is 3.89. The van der Waals surface area contributed by atoms with Gasteiger partial charge < -0.3 is 10.4 Å². The van der Waals surface area contributed by atoms with Crippen LogP contribution in [0.25, 0.3) is 0 Å². The van der Waals surface area contributed by atoms with Gasteiger partial charge >= 0.3 is 5.97 Å². The number of carboxylic acid groups (broad SMARTS) is 1.